The van der Waals surface area contributed by atoms with Crippen LogP contribution in [0.2, 0.25) is 0 Å². The summed E-state index contributed by atoms with van der Waals surface area (Å²) in [6.07, 6.45) is 1.84. The number of thiazole rings is 1. The monoisotopic (exact) mass is 413 g/mol. The first-order valence-corrected chi connectivity index (χ1v) is 9.06. The van der Waals surface area contributed by atoms with Gasteiger partial charge in [0, 0.05) is 10.0 Å². The summed E-state index contributed by atoms with van der Waals surface area (Å²) in [4.78, 5) is 17.6. The smallest absolute Gasteiger partial charge is 0.291 e. The Morgan fingerprint density at radius 1 is 1.12 bits per heavy atom. The molecule has 7 heteroatoms. The highest BCUT2D eigenvalue weighted by atomic mass is 79.9. The van der Waals surface area contributed by atoms with Gasteiger partial charge in [-0.2, -0.15) is 9.50 Å². The van der Waals surface area contributed by atoms with Crippen molar-refractivity contribution < 1.29 is 4.74 Å². The molecule has 0 atom stereocenters. The molecule has 0 saturated carbocycles. The van der Waals surface area contributed by atoms with Gasteiger partial charge in [-0.1, -0.05) is 51.5 Å². The summed E-state index contributed by atoms with van der Waals surface area (Å²) < 4.78 is 8.08. The van der Waals surface area contributed by atoms with E-state index < -0.39 is 0 Å². The van der Waals surface area contributed by atoms with E-state index in [2.05, 4.69) is 26.0 Å². The van der Waals surface area contributed by atoms with Crippen LogP contribution >= 0.6 is 27.3 Å². The maximum atomic E-state index is 12.6. The number of ether oxygens (including phenoxy) is 1. The fourth-order valence-corrected chi connectivity index (χ4v) is 3.58. The Labute approximate surface area is 155 Å². The summed E-state index contributed by atoms with van der Waals surface area (Å²) in [7, 11) is 1.62. The van der Waals surface area contributed by atoms with E-state index in [-0.39, 0.29) is 5.56 Å². The highest BCUT2D eigenvalue weighted by molar-refractivity contribution is 9.10. The van der Waals surface area contributed by atoms with E-state index in [4.69, 9.17) is 4.74 Å². The lowest BCUT2D eigenvalue weighted by atomic mass is 10.2. The van der Waals surface area contributed by atoms with Gasteiger partial charge in [-0.15, -0.1) is 5.10 Å². The third-order valence-electron chi connectivity index (χ3n) is 3.70. The van der Waals surface area contributed by atoms with Gasteiger partial charge in [-0.25, -0.2) is 0 Å². The second-order valence-corrected chi connectivity index (χ2v) is 7.25. The van der Waals surface area contributed by atoms with Gasteiger partial charge in [-0.05, 0) is 35.9 Å². The summed E-state index contributed by atoms with van der Waals surface area (Å²) in [5, 5.41) is 4.35. The number of hydrogen-bond acceptors (Lipinski definition) is 5. The van der Waals surface area contributed by atoms with E-state index in [9.17, 15) is 4.79 Å². The first-order chi connectivity index (χ1) is 12.1. The largest absolute Gasteiger partial charge is 0.497 e. The maximum Gasteiger partial charge on any atom is 0.291 e. The van der Waals surface area contributed by atoms with Gasteiger partial charge >= 0.3 is 0 Å². The molecule has 2 aromatic carbocycles. The van der Waals surface area contributed by atoms with Gasteiger partial charge in [0.1, 0.15) is 5.75 Å². The van der Waals surface area contributed by atoms with Crippen molar-refractivity contribution in [1.29, 1.82) is 0 Å². The van der Waals surface area contributed by atoms with Gasteiger partial charge < -0.3 is 4.74 Å². The normalized spacial score (nSPS) is 12.0. The molecule has 0 fully saturated rings. The minimum Gasteiger partial charge on any atom is -0.497 e. The highest BCUT2D eigenvalue weighted by Gasteiger charge is 2.11. The summed E-state index contributed by atoms with van der Waals surface area (Å²) in [5.41, 5.74) is 1.64. The van der Waals surface area contributed by atoms with Crippen LogP contribution in [0, 0.1) is 0 Å². The Hall–Kier alpha value is -2.51. The predicted octanol–water partition coefficient (Wildman–Crippen LogP) is 3.14. The van der Waals surface area contributed by atoms with E-state index in [0.717, 1.165) is 21.3 Å². The van der Waals surface area contributed by atoms with Crippen LogP contribution in [0.4, 0.5) is 0 Å². The first kappa shape index (κ1) is 16.0. The fourth-order valence-electron chi connectivity index (χ4n) is 2.41. The molecule has 0 unspecified atom stereocenters. The second kappa shape index (κ2) is 6.42. The second-order valence-electron chi connectivity index (χ2n) is 5.33. The number of aromatic nitrogens is 3. The summed E-state index contributed by atoms with van der Waals surface area (Å²) >= 11 is 4.73. The molecular formula is C18H12BrN3O2S. The number of methoxy groups -OCH3 is 1. The molecule has 2 aromatic heterocycles. The van der Waals surface area contributed by atoms with Gasteiger partial charge in [0.2, 0.25) is 4.96 Å². The Balaban J connectivity index is 1.76. The Kier molecular flexibility index (Phi) is 4.10. The van der Waals surface area contributed by atoms with Crippen molar-refractivity contribution in [2.24, 2.45) is 0 Å². The molecule has 124 valence electrons. The minimum atomic E-state index is -0.160. The number of benzene rings is 2. The van der Waals surface area contributed by atoms with Crippen molar-refractivity contribution in [1.82, 2.24) is 14.6 Å². The first-order valence-electron chi connectivity index (χ1n) is 7.45. The Morgan fingerprint density at radius 3 is 2.48 bits per heavy atom. The molecule has 0 aliphatic carbocycles. The minimum absolute atomic E-state index is 0.160. The van der Waals surface area contributed by atoms with Crippen LogP contribution in [0.25, 0.3) is 22.4 Å². The van der Waals surface area contributed by atoms with Crippen LogP contribution in [-0.2, 0) is 0 Å². The molecule has 0 spiro atoms. The molecule has 2 heterocycles. The summed E-state index contributed by atoms with van der Waals surface area (Å²) in [6.45, 7) is 0. The summed E-state index contributed by atoms with van der Waals surface area (Å²) in [5.74, 6) is 1.33. The van der Waals surface area contributed by atoms with E-state index in [1.165, 1.54) is 15.9 Å². The third-order valence-corrected chi connectivity index (χ3v) is 5.19. The molecule has 4 rings (SSSR count). The van der Waals surface area contributed by atoms with Crippen molar-refractivity contribution >= 4 is 38.3 Å². The van der Waals surface area contributed by atoms with E-state index >= 15 is 0 Å². The molecule has 0 saturated heterocycles. The van der Waals surface area contributed by atoms with Crippen molar-refractivity contribution in [3.63, 3.8) is 0 Å². The topological polar surface area (TPSA) is 56.5 Å². The number of hydrogen-bond donors (Lipinski definition) is 0. The quantitative estimate of drug-likeness (QED) is 0.517. The molecule has 0 aliphatic heterocycles. The van der Waals surface area contributed by atoms with Crippen molar-refractivity contribution in [2.45, 2.75) is 0 Å². The number of halogens is 1. The van der Waals surface area contributed by atoms with Crippen molar-refractivity contribution in [2.75, 3.05) is 7.11 Å². The van der Waals surface area contributed by atoms with Crippen LogP contribution in [0.15, 0.2) is 57.8 Å². The zero-order valence-electron chi connectivity index (χ0n) is 13.1. The Morgan fingerprint density at radius 2 is 1.84 bits per heavy atom. The molecule has 0 aliphatic rings. The lowest BCUT2D eigenvalue weighted by molar-refractivity contribution is 0.415. The van der Waals surface area contributed by atoms with E-state index in [1.54, 1.807) is 7.11 Å². The van der Waals surface area contributed by atoms with Crippen LogP contribution in [0.5, 0.6) is 5.75 Å². The average Bonchev–Trinajstić information content (AvgIpc) is 3.16. The highest BCUT2D eigenvalue weighted by Crippen LogP contribution is 2.19. The third kappa shape index (κ3) is 3.08. The molecule has 0 amide bonds. The molecule has 0 radical (unpaired) electrons. The van der Waals surface area contributed by atoms with Gasteiger partial charge in [0.15, 0.2) is 5.82 Å². The van der Waals surface area contributed by atoms with E-state index in [1.807, 2.05) is 54.6 Å². The number of rotatable bonds is 3. The average molecular weight is 414 g/mol. The van der Waals surface area contributed by atoms with Crippen LogP contribution in [0.1, 0.15) is 5.56 Å². The molecule has 0 bridgehead atoms. The molecule has 0 N–H and O–H groups in total. The Bertz CT molecular complexity index is 1150. The van der Waals surface area contributed by atoms with Crippen LogP contribution in [0.3, 0.4) is 0 Å². The molecule has 4 aromatic rings. The fraction of sp³-hybridized carbons (Fsp3) is 0.0556. The SMILES string of the molecule is COc1ccc(/C=c2\sc3nc(-c4ccc(Br)cc4)nn3c2=O)cc1. The number of nitrogens with zero attached hydrogens (tertiary/aromatic N) is 3. The standard InChI is InChI=1S/C18H12BrN3O2S/c1-24-14-8-2-11(3-9-14)10-15-17(23)22-18(25-15)20-16(21-22)12-4-6-13(19)7-5-12/h2-10H,1H3/b15-10-. The van der Waals surface area contributed by atoms with Crippen molar-refractivity contribution in [3.8, 4) is 17.1 Å². The zero-order valence-corrected chi connectivity index (χ0v) is 15.5. The predicted molar refractivity (Wildman–Crippen MR) is 102 cm³/mol. The molecular weight excluding hydrogens is 402 g/mol. The van der Waals surface area contributed by atoms with Crippen LogP contribution in [-0.4, -0.2) is 21.7 Å². The summed E-state index contributed by atoms with van der Waals surface area (Å²) in [6, 6.07) is 15.2. The number of fused-ring (bicyclic) bond motifs is 1. The van der Waals surface area contributed by atoms with Gasteiger partial charge in [-0.3, -0.25) is 4.79 Å². The van der Waals surface area contributed by atoms with Gasteiger partial charge in [0.05, 0.1) is 11.6 Å². The van der Waals surface area contributed by atoms with Gasteiger partial charge in [0.25, 0.3) is 5.56 Å². The lowest BCUT2D eigenvalue weighted by Crippen LogP contribution is -2.23. The molecule has 5 nitrogen and oxygen atoms in total. The zero-order chi connectivity index (χ0) is 17.4. The van der Waals surface area contributed by atoms with E-state index in [0.29, 0.717) is 15.3 Å². The maximum absolute atomic E-state index is 12.6. The lowest BCUT2D eigenvalue weighted by Gasteiger charge is -1.98. The van der Waals surface area contributed by atoms with Crippen molar-refractivity contribution in [3.05, 3.63) is 73.5 Å². The molecule has 25 heavy (non-hydrogen) atoms. The van der Waals surface area contributed by atoms with Crippen LogP contribution < -0.4 is 14.8 Å².